The maximum Gasteiger partial charge on any atom is 0.221 e. The van der Waals surface area contributed by atoms with Crippen LogP contribution in [0.4, 0.5) is 0 Å². The van der Waals surface area contributed by atoms with Crippen LogP contribution in [0.1, 0.15) is 26.2 Å². The van der Waals surface area contributed by atoms with Crippen LogP contribution in [0.2, 0.25) is 0 Å². The van der Waals surface area contributed by atoms with Crippen LogP contribution in [0.3, 0.4) is 0 Å². The molecule has 1 atom stereocenters. The summed E-state index contributed by atoms with van der Waals surface area (Å²) in [7, 11) is 0. The molecule has 0 bridgehead atoms. The Labute approximate surface area is 85.8 Å². The minimum atomic E-state index is 0.146. The van der Waals surface area contributed by atoms with E-state index in [1.807, 2.05) is 0 Å². The number of rotatable bonds is 5. The molecule has 1 aliphatic rings. The Morgan fingerprint density at radius 1 is 1.64 bits per heavy atom. The summed E-state index contributed by atoms with van der Waals surface area (Å²) in [6, 6.07) is 0.255. The molecule has 0 unspecified atom stereocenters. The molecule has 14 heavy (non-hydrogen) atoms. The molecule has 0 aliphatic carbocycles. The zero-order chi connectivity index (χ0) is 10.2. The van der Waals surface area contributed by atoms with E-state index in [0.717, 1.165) is 39.0 Å². The number of nitrogens with one attached hydrogen (secondary N) is 2. The molecule has 0 saturated carbocycles. The Bertz CT molecular complexity index is 167. The molecular formula is C10H20N3O. The average Bonchev–Trinajstić information content (AvgIpc) is 2.20. The van der Waals surface area contributed by atoms with Crippen LogP contribution in [-0.4, -0.2) is 38.1 Å². The van der Waals surface area contributed by atoms with Gasteiger partial charge in [0.2, 0.25) is 5.91 Å². The third kappa shape index (κ3) is 4.58. The molecule has 1 saturated heterocycles. The van der Waals surface area contributed by atoms with Crippen molar-refractivity contribution in [3.8, 4) is 0 Å². The second-order valence-corrected chi connectivity index (χ2v) is 3.69. The Morgan fingerprint density at radius 2 is 2.50 bits per heavy atom. The number of carbonyl (C=O) groups excluding carboxylic acids is 1. The monoisotopic (exact) mass is 198 g/mol. The van der Waals surface area contributed by atoms with Crippen molar-refractivity contribution in [2.24, 2.45) is 0 Å². The van der Waals surface area contributed by atoms with Crippen molar-refractivity contribution < 1.29 is 4.79 Å². The Balaban J connectivity index is 2.06. The summed E-state index contributed by atoms with van der Waals surface area (Å²) in [5.41, 5.74) is 0. The van der Waals surface area contributed by atoms with E-state index < -0.39 is 0 Å². The van der Waals surface area contributed by atoms with E-state index in [2.05, 4.69) is 22.9 Å². The second-order valence-electron chi connectivity index (χ2n) is 3.69. The molecule has 1 radical (unpaired) electrons. The van der Waals surface area contributed by atoms with Gasteiger partial charge in [0.25, 0.3) is 0 Å². The van der Waals surface area contributed by atoms with Gasteiger partial charge in [-0.3, -0.25) is 4.79 Å². The van der Waals surface area contributed by atoms with Crippen molar-refractivity contribution >= 4 is 5.91 Å². The van der Waals surface area contributed by atoms with Gasteiger partial charge in [0.05, 0.1) is 0 Å². The Hall–Kier alpha value is -0.610. The molecule has 1 heterocycles. The minimum absolute atomic E-state index is 0.146. The molecule has 2 N–H and O–H groups in total. The maximum absolute atomic E-state index is 11.4. The molecule has 1 fully saturated rings. The highest BCUT2D eigenvalue weighted by atomic mass is 16.1. The van der Waals surface area contributed by atoms with E-state index >= 15 is 0 Å². The molecule has 1 aliphatic heterocycles. The first kappa shape index (κ1) is 11.5. The highest BCUT2D eigenvalue weighted by Gasteiger charge is 2.15. The van der Waals surface area contributed by atoms with E-state index in [1.54, 1.807) is 0 Å². The third-order valence-corrected chi connectivity index (χ3v) is 2.34. The summed E-state index contributed by atoms with van der Waals surface area (Å²) in [5, 5.41) is 10.5. The van der Waals surface area contributed by atoms with Crippen LogP contribution in [0.15, 0.2) is 0 Å². The number of piperazine rings is 1. The fourth-order valence-electron chi connectivity index (χ4n) is 1.50. The number of unbranched alkanes of at least 4 members (excludes halogenated alkanes) is 1. The molecule has 0 aromatic heterocycles. The van der Waals surface area contributed by atoms with Crippen LogP contribution in [0.5, 0.6) is 0 Å². The fraction of sp³-hybridized carbons (Fsp3) is 0.900. The maximum atomic E-state index is 11.4. The molecule has 4 nitrogen and oxygen atoms in total. The smallest absolute Gasteiger partial charge is 0.221 e. The van der Waals surface area contributed by atoms with Crippen molar-refractivity contribution in [1.82, 2.24) is 16.0 Å². The number of carbonyl (C=O) groups is 1. The Kier molecular flexibility index (Phi) is 5.56. The van der Waals surface area contributed by atoms with Gasteiger partial charge >= 0.3 is 0 Å². The molecule has 1 rings (SSSR count). The number of amides is 1. The number of hydrogen-bond donors (Lipinski definition) is 2. The van der Waals surface area contributed by atoms with E-state index in [4.69, 9.17) is 0 Å². The lowest BCUT2D eigenvalue weighted by molar-refractivity contribution is -0.121. The van der Waals surface area contributed by atoms with E-state index in [9.17, 15) is 4.79 Å². The van der Waals surface area contributed by atoms with Gasteiger partial charge in [-0.05, 0) is 6.42 Å². The van der Waals surface area contributed by atoms with Gasteiger partial charge in [-0.25, -0.2) is 5.32 Å². The van der Waals surface area contributed by atoms with E-state index in [-0.39, 0.29) is 11.9 Å². The van der Waals surface area contributed by atoms with Gasteiger partial charge < -0.3 is 10.6 Å². The predicted octanol–water partition coefficient (Wildman–Crippen LogP) is -0.131. The quantitative estimate of drug-likeness (QED) is 0.605. The molecule has 4 heteroatoms. The van der Waals surface area contributed by atoms with Gasteiger partial charge in [-0.15, -0.1) is 0 Å². The zero-order valence-corrected chi connectivity index (χ0v) is 8.88. The first-order valence-corrected chi connectivity index (χ1v) is 5.46. The van der Waals surface area contributed by atoms with Crippen molar-refractivity contribution in [2.45, 2.75) is 32.2 Å². The molecule has 0 aromatic rings. The molecule has 0 aromatic carbocycles. The van der Waals surface area contributed by atoms with Crippen molar-refractivity contribution in [2.75, 3.05) is 26.2 Å². The second kappa shape index (κ2) is 6.79. The van der Waals surface area contributed by atoms with Crippen molar-refractivity contribution in [1.29, 1.82) is 0 Å². The molecule has 1 amide bonds. The van der Waals surface area contributed by atoms with Crippen LogP contribution in [-0.2, 0) is 4.79 Å². The molecule has 0 spiro atoms. The highest BCUT2D eigenvalue weighted by molar-refractivity contribution is 5.76. The molecule has 81 valence electrons. The van der Waals surface area contributed by atoms with Gasteiger partial charge in [-0.1, -0.05) is 13.3 Å². The largest absolute Gasteiger partial charge is 0.356 e. The molecular weight excluding hydrogens is 178 g/mol. The topological polar surface area (TPSA) is 55.2 Å². The summed E-state index contributed by atoms with van der Waals surface area (Å²) in [4.78, 5) is 11.4. The zero-order valence-electron chi connectivity index (χ0n) is 8.88. The Morgan fingerprint density at radius 3 is 3.14 bits per heavy atom. The summed E-state index contributed by atoms with van der Waals surface area (Å²) in [6.07, 6.45) is 2.75. The fourth-order valence-corrected chi connectivity index (χ4v) is 1.50. The van der Waals surface area contributed by atoms with Gasteiger partial charge in [0, 0.05) is 38.6 Å². The lowest BCUT2D eigenvalue weighted by Crippen LogP contribution is -2.47. The van der Waals surface area contributed by atoms with Gasteiger partial charge in [-0.2, -0.15) is 0 Å². The number of hydrogen-bond acceptors (Lipinski definition) is 2. The first-order chi connectivity index (χ1) is 6.83. The summed E-state index contributed by atoms with van der Waals surface area (Å²) < 4.78 is 0. The SMILES string of the molecule is CCCCNC(=O)C[C@H]1C[N]CCN1. The van der Waals surface area contributed by atoms with Crippen LogP contribution in [0.25, 0.3) is 0 Å². The first-order valence-electron chi connectivity index (χ1n) is 5.46. The summed E-state index contributed by atoms with van der Waals surface area (Å²) in [5.74, 6) is 0.146. The highest BCUT2D eigenvalue weighted by Crippen LogP contribution is 1.95. The normalized spacial score (nSPS) is 21.9. The predicted molar refractivity (Wildman–Crippen MR) is 56.2 cm³/mol. The van der Waals surface area contributed by atoms with Crippen molar-refractivity contribution in [3.63, 3.8) is 0 Å². The number of nitrogens with zero attached hydrogens (tertiary/aromatic N) is 1. The van der Waals surface area contributed by atoms with Crippen molar-refractivity contribution in [3.05, 3.63) is 0 Å². The summed E-state index contributed by atoms with van der Waals surface area (Å²) in [6.45, 7) is 5.50. The van der Waals surface area contributed by atoms with Crippen LogP contribution >= 0.6 is 0 Å². The third-order valence-electron chi connectivity index (χ3n) is 2.34. The van der Waals surface area contributed by atoms with E-state index in [0.29, 0.717) is 6.42 Å². The van der Waals surface area contributed by atoms with E-state index in [1.165, 1.54) is 0 Å². The lowest BCUT2D eigenvalue weighted by atomic mass is 10.1. The van der Waals surface area contributed by atoms with Gasteiger partial charge in [0.15, 0.2) is 0 Å². The standard InChI is InChI=1S/C10H20N3O/c1-2-3-4-13-10(14)7-9-8-11-5-6-12-9/h9,12H,2-8H2,1H3,(H,13,14)/t9-/m0/s1. The summed E-state index contributed by atoms with van der Waals surface area (Å²) >= 11 is 0. The van der Waals surface area contributed by atoms with Crippen LogP contribution < -0.4 is 16.0 Å². The van der Waals surface area contributed by atoms with Gasteiger partial charge in [0.1, 0.15) is 0 Å². The average molecular weight is 198 g/mol. The van der Waals surface area contributed by atoms with Crippen LogP contribution in [0, 0.1) is 0 Å². The minimum Gasteiger partial charge on any atom is -0.356 e. The lowest BCUT2D eigenvalue weighted by Gasteiger charge is -2.22.